The van der Waals surface area contributed by atoms with Crippen LogP contribution in [-0.2, 0) is 99.5 Å². The molecule has 56 heteroatoms. The van der Waals surface area contributed by atoms with Gasteiger partial charge in [0.25, 0.3) is 0 Å². The molecule has 750 valence electrons. The third kappa shape index (κ3) is 24.5. The maximum Gasteiger partial charge on any atom is 0.192 e. The summed E-state index contributed by atoms with van der Waals surface area (Å²) in [4.78, 5) is 0. The Balaban J connectivity index is 0.000000305. The zero-order chi connectivity index (χ0) is 92.7. The zero-order valence-electron chi connectivity index (χ0n) is 67.1. The van der Waals surface area contributed by atoms with Crippen molar-refractivity contribution in [3.63, 3.8) is 0 Å². The molecule has 11 rings (SSSR count). The summed E-state index contributed by atoms with van der Waals surface area (Å²) in [6, 6.07) is 0. The van der Waals surface area contributed by atoms with E-state index in [-0.39, 0.29) is 14.9 Å². The molecule has 127 heavy (non-hydrogen) atoms. The second kappa shape index (κ2) is 49.7. The predicted molar refractivity (Wildman–Crippen MR) is 394 cm³/mol. The molecule has 0 aromatic heterocycles. The van der Waals surface area contributed by atoms with Crippen molar-refractivity contribution < 1.29 is 278 Å². The molecule has 11 heterocycles. The van der Waals surface area contributed by atoms with Crippen molar-refractivity contribution >= 4 is 0 Å². The highest BCUT2D eigenvalue weighted by Crippen LogP contribution is 2.41. The van der Waals surface area contributed by atoms with Crippen LogP contribution in [0.1, 0.15) is 28.7 Å². The molecule has 0 spiro atoms. The Bertz CT molecular complexity index is 3070. The summed E-state index contributed by atoms with van der Waals surface area (Å²) in [5, 5.41) is 362. The predicted octanol–water partition coefficient (Wildman–Crippen LogP) is -22.0. The fourth-order valence-electron chi connectivity index (χ4n) is 15.6. The van der Waals surface area contributed by atoms with Gasteiger partial charge in [-0.2, -0.15) is 0 Å². The molecule has 0 amide bonds. The number of aliphatic hydroxyl groups is 35. The monoisotopic (exact) mass is 1880 g/mol. The van der Waals surface area contributed by atoms with E-state index in [1.54, 1.807) is 0 Å². The maximum absolute atomic E-state index is 11.8. The van der Waals surface area contributed by atoms with E-state index in [9.17, 15) is 174 Å². The Labute approximate surface area is 722 Å². The molecular formula is C71H130O56. The van der Waals surface area contributed by atoms with Crippen molar-refractivity contribution in [2.24, 2.45) is 11.8 Å². The summed E-state index contributed by atoms with van der Waals surface area (Å²) in [5.41, 5.74) is 0. The average molecular weight is 1880 g/mol. The minimum atomic E-state index is -2.35. The number of ether oxygens (including phenoxy) is 21. The first-order valence-corrected chi connectivity index (χ1v) is 39.8. The van der Waals surface area contributed by atoms with Crippen LogP contribution < -0.4 is 0 Å². The molecule has 11 saturated heterocycles. The number of methoxy groups -OCH3 is 2. The van der Waals surface area contributed by atoms with Crippen LogP contribution in [0.3, 0.4) is 0 Å². The molecule has 0 bridgehead atoms. The number of hydrogen-bond acceptors (Lipinski definition) is 56. The van der Waals surface area contributed by atoms with Crippen molar-refractivity contribution in [3.05, 3.63) is 0 Å². The molecule has 56 nitrogen and oxygen atoms in total. The Morgan fingerprint density at radius 3 is 0.575 bits per heavy atom. The van der Waals surface area contributed by atoms with Gasteiger partial charge in [-0.05, 0) is 0 Å². The van der Waals surface area contributed by atoms with Gasteiger partial charge in [0.15, 0.2) is 75.5 Å². The van der Waals surface area contributed by atoms with Crippen LogP contribution in [-0.4, -0.2) is 585 Å². The van der Waals surface area contributed by atoms with Gasteiger partial charge in [-0.3, -0.25) is 0 Å². The second-order valence-corrected chi connectivity index (χ2v) is 31.5. The number of aliphatic hydroxyl groups excluding tert-OH is 35. The van der Waals surface area contributed by atoms with Crippen LogP contribution in [0, 0.1) is 11.8 Å². The average Bonchev–Trinajstić information content (AvgIpc) is 0.768. The SMILES string of the molecule is C.C.CO[C@@H]1OC(CO)[C@@H](O)[C@H](O[C@@H]2OC(CO)[C@@H](O)[C@H](O[C@@H]3OC(CO)[C@@H](O)[C@H](O)C3O)C2O)C1O.CO[C@@H]1OC(CO)[C@@H](O)[C@H](O[C@@H]2OC(CO)[C@@H](O)[C@H](O[C@@H]3OC(O[C@@H]4OC(CO)[C@@H](O)[C@H](O)C4O)[C@@H](O)[C@H](O[C@@H]4OC(CO)[C@@H](O)[C@H](O[C@@H]5OC(CO)[C@@H](O)[C@H](C)C5O)C4O)C3O)C2O)C1O.C[C@@H]1C(O)[C@H](O[C@@H]2C(O)[C@H](O)OC(CO)[C@H]2O)OC(CO)[C@H]1O. The Hall–Kier alpha value is -2.24. The summed E-state index contributed by atoms with van der Waals surface area (Å²) in [6.45, 7) is -4.88. The van der Waals surface area contributed by atoms with Crippen molar-refractivity contribution in [2.45, 2.75) is 354 Å². The highest BCUT2D eigenvalue weighted by molar-refractivity contribution is 5.03. The van der Waals surface area contributed by atoms with E-state index in [1.807, 2.05) is 0 Å². The molecule has 0 radical (unpaired) electrons. The lowest BCUT2D eigenvalue weighted by atomic mass is 9.90. The Kier molecular flexibility index (Phi) is 43.7. The fraction of sp³-hybridized carbons (Fsp3) is 1.00. The molecule has 11 aliphatic rings. The van der Waals surface area contributed by atoms with Gasteiger partial charge in [0.2, 0.25) is 0 Å². The summed E-state index contributed by atoms with van der Waals surface area (Å²) in [5.74, 6) is -1.68. The van der Waals surface area contributed by atoms with Crippen LogP contribution in [0.25, 0.3) is 0 Å². The van der Waals surface area contributed by atoms with E-state index in [0.717, 1.165) is 7.11 Å². The van der Waals surface area contributed by atoms with E-state index in [1.165, 1.54) is 21.0 Å². The molecule has 0 aromatic carbocycles. The van der Waals surface area contributed by atoms with Gasteiger partial charge in [-0.1, -0.05) is 28.7 Å². The standard InChI is InChI=1S/C37H64O30.C19H34O16.C13H24O10.2CH4/c1-8-14(43)9(3-38)58-32(15(8)44)62-28-18(47)12(6-41)61-35(23(28)52)65-30-25(54)36(67-37(26(30)55)66-33-21(50)20(49)16(45)10(4-39)59-33)64-29-19(48)13(7-42)60-34(24(29)53)63-27-17(46)11(5-40)57-31(56-2)22(27)51;1-30-17-13(28)15(9(24)6(3-21)31-17)35-19-14(29)16(10(25)7(4-22)33-19)34-18-12(27)11(26)8(23)5(2-20)32-18;1-4-7(16)5(2-14)22-13(8(4)17)23-11-9(18)6(3-15)21-12(20)10(11)19;;/h8-55H,3-7H2,1-2H3;5-29H,2-4H2,1H3;4-20H,2-3H2,1H3;2*1H4/t8-,9?,10?,11?,12?,13?,14-,15?,16+,17+,18+,19+,20-,21?,22?,23?,24?,25?,26-,27-,28-,29-,30+,31+,32-,33-,34-,35-,36+,37?;5?,6?,7?,8-,9-,10-,11+,12?,13?,14?,15+,16+,17-,18+,19+;4-,5?,6?,7-,8?,9+,10?,11-,12+,13-;;/m010../s1. The minimum absolute atomic E-state index is 0. The minimum Gasteiger partial charge on any atom is -0.394 e. The molecule has 11 aliphatic heterocycles. The fourth-order valence-corrected chi connectivity index (χ4v) is 15.6. The van der Waals surface area contributed by atoms with Crippen molar-refractivity contribution in [2.75, 3.05) is 80.3 Å². The van der Waals surface area contributed by atoms with Crippen molar-refractivity contribution in [1.29, 1.82) is 0 Å². The lowest BCUT2D eigenvalue weighted by Crippen LogP contribution is -2.68. The first-order valence-electron chi connectivity index (χ1n) is 39.8. The van der Waals surface area contributed by atoms with E-state index >= 15 is 0 Å². The Morgan fingerprint density at radius 2 is 0.331 bits per heavy atom. The topological polar surface area (TPSA) is 902 Å². The summed E-state index contributed by atoms with van der Waals surface area (Å²) in [6.07, 6.45) is -91.6. The van der Waals surface area contributed by atoms with Crippen LogP contribution >= 0.6 is 0 Å². The van der Waals surface area contributed by atoms with E-state index in [2.05, 4.69) is 0 Å². The number of hydrogen-bond donors (Lipinski definition) is 35. The van der Waals surface area contributed by atoms with Gasteiger partial charge >= 0.3 is 0 Å². The van der Waals surface area contributed by atoms with E-state index in [4.69, 9.17) is 105 Å². The highest BCUT2D eigenvalue weighted by Gasteiger charge is 2.61. The quantitative estimate of drug-likeness (QED) is 0.0346. The normalized spacial score (nSPS) is 51.7. The molecular weight excluding hydrogens is 1750 g/mol. The van der Waals surface area contributed by atoms with Gasteiger partial charge in [0, 0.05) is 26.1 Å². The van der Waals surface area contributed by atoms with Gasteiger partial charge in [-0.15, -0.1) is 0 Å². The van der Waals surface area contributed by atoms with Crippen LogP contribution in [0.4, 0.5) is 0 Å². The van der Waals surface area contributed by atoms with E-state index < -0.39 is 404 Å². The van der Waals surface area contributed by atoms with Crippen LogP contribution in [0.2, 0.25) is 0 Å². The smallest absolute Gasteiger partial charge is 0.192 e. The molecule has 11 fully saturated rings. The van der Waals surface area contributed by atoms with Gasteiger partial charge in [0.1, 0.15) is 238 Å². The van der Waals surface area contributed by atoms with E-state index in [0.29, 0.717) is 0 Å². The third-order valence-electron chi connectivity index (χ3n) is 23.4. The Morgan fingerprint density at radius 1 is 0.165 bits per heavy atom. The van der Waals surface area contributed by atoms with Crippen molar-refractivity contribution in [1.82, 2.24) is 0 Å². The largest absolute Gasteiger partial charge is 0.394 e. The van der Waals surface area contributed by atoms with Gasteiger partial charge in [-0.25, -0.2) is 0 Å². The zero-order valence-corrected chi connectivity index (χ0v) is 67.1. The summed E-state index contributed by atoms with van der Waals surface area (Å²) >= 11 is 0. The second-order valence-electron chi connectivity index (χ2n) is 31.5. The highest BCUT2D eigenvalue weighted by atomic mass is 16.8. The lowest BCUT2D eigenvalue weighted by molar-refractivity contribution is -0.428. The molecule has 0 saturated carbocycles. The molecule has 0 aliphatic carbocycles. The van der Waals surface area contributed by atoms with Crippen LogP contribution in [0.5, 0.6) is 0 Å². The van der Waals surface area contributed by atoms with Crippen LogP contribution in [0.15, 0.2) is 0 Å². The summed E-state index contributed by atoms with van der Waals surface area (Å²) in [7, 11) is 2.33. The van der Waals surface area contributed by atoms with Gasteiger partial charge < -0.3 is 278 Å². The lowest BCUT2D eigenvalue weighted by Gasteiger charge is -2.50. The molecule has 35 N–H and O–H groups in total. The first kappa shape index (κ1) is 112. The molecule has 22 unspecified atom stereocenters. The molecule has 0 aromatic rings. The first-order chi connectivity index (χ1) is 59.2. The van der Waals surface area contributed by atoms with Crippen molar-refractivity contribution in [3.8, 4) is 0 Å². The summed E-state index contributed by atoms with van der Waals surface area (Å²) < 4.78 is 114. The number of rotatable bonds is 28. The molecule has 55 atom stereocenters. The maximum atomic E-state index is 11.8. The van der Waals surface area contributed by atoms with Gasteiger partial charge in [0.05, 0.1) is 78.3 Å². The third-order valence-corrected chi connectivity index (χ3v) is 23.4.